The molecule has 2 heterocycles. The monoisotopic (exact) mass is 442 g/mol. The van der Waals surface area contributed by atoms with Crippen molar-refractivity contribution in [2.75, 3.05) is 26.5 Å². The number of pyridine rings is 1. The summed E-state index contributed by atoms with van der Waals surface area (Å²) >= 11 is 1.75. The number of rotatable bonds is 5. The van der Waals surface area contributed by atoms with Crippen LogP contribution in [-0.4, -0.2) is 36.4 Å². The van der Waals surface area contributed by atoms with Crippen LogP contribution in [0.2, 0.25) is 0 Å². The van der Waals surface area contributed by atoms with Gasteiger partial charge in [0.1, 0.15) is 6.61 Å². The molecule has 0 radical (unpaired) electrons. The van der Waals surface area contributed by atoms with Crippen LogP contribution < -0.4 is 9.47 Å². The third-order valence-electron chi connectivity index (χ3n) is 5.90. The minimum Gasteiger partial charge on any atom is -0.493 e. The fraction of sp³-hybridized carbons (Fsp3) is 0.222. The molecule has 0 atom stereocenters. The third kappa shape index (κ3) is 4.31. The van der Waals surface area contributed by atoms with Crippen LogP contribution >= 0.6 is 11.8 Å². The Kier molecular flexibility index (Phi) is 6.02. The molecule has 4 aromatic rings. The highest BCUT2D eigenvalue weighted by Gasteiger charge is 2.21. The van der Waals surface area contributed by atoms with Crippen molar-refractivity contribution < 1.29 is 9.47 Å². The van der Waals surface area contributed by atoms with Crippen molar-refractivity contribution in [2.45, 2.75) is 18.0 Å². The van der Waals surface area contributed by atoms with Gasteiger partial charge in [-0.3, -0.25) is 9.88 Å². The zero-order valence-corrected chi connectivity index (χ0v) is 19.2. The minimum absolute atomic E-state index is 0.639. The Morgan fingerprint density at radius 3 is 2.72 bits per heavy atom. The Morgan fingerprint density at radius 2 is 1.91 bits per heavy atom. The van der Waals surface area contributed by atoms with E-state index in [1.807, 2.05) is 12.3 Å². The number of benzene rings is 3. The zero-order chi connectivity index (χ0) is 21.9. The Hall–Kier alpha value is -3.02. The van der Waals surface area contributed by atoms with E-state index in [0.717, 1.165) is 47.8 Å². The predicted octanol–water partition coefficient (Wildman–Crippen LogP) is 6.03. The zero-order valence-electron chi connectivity index (χ0n) is 18.4. The van der Waals surface area contributed by atoms with Crippen LogP contribution in [0.25, 0.3) is 22.0 Å². The quantitative estimate of drug-likeness (QED) is 0.353. The number of methoxy groups -OCH3 is 1. The average Bonchev–Trinajstić information content (AvgIpc) is 3.05. The molecule has 0 fully saturated rings. The van der Waals surface area contributed by atoms with E-state index in [-0.39, 0.29) is 0 Å². The lowest BCUT2D eigenvalue weighted by Gasteiger charge is -2.20. The van der Waals surface area contributed by atoms with E-state index in [1.165, 1.54) is 21.4 Å². The van der Waals surface area contributed by atoms with Crippen LogP contribution in [0.15, 0.2) is 77.8 Å². The van der Waals surface area contributed by atoms with Gasteiger partial charge >= 0.3 is 0 Å². The molecule has 1 aliphatic heterocycles. The molecule has 0 N–H and O–H groups in total. The Labute approximate surface area is 193 Å². The van der Waals surface area contributed by atoms with Gasteiger partial charge in [0.2, 0.25) is 0 Å². The van der Waals surface area contributed by atoms with Crippen LogP contribution in [-0.2, 0) is 13.1 Å². The first-order valence-electron chi connectivity index (χ1n) is 10.8. The van der Waals surface area contributed by atoms with E-state index in [0.29, 0.717) is 6.61 Å². The van der Waals surface area contributed by atoms with Gasteiger partial charge in [0, 0.05) is 41.7 Å². The molecular weight excluding hydrogens is 416 g/mol. The van der Waals surface area contributed by atoms with Crippen LogP contribution in [0.1, 0.15) is 11.1 Å². The summed E-state index contributed by atoms with van der Waals surface area (Å²) in [5.41, 5.74) is 5.80. The maximum atomic E-state index is 6.16. The maximum Gasteiger partial charge on any atom is 0.165 e. The molecule has 162 valence electrons. The second-order valence-electron chi connectivity index (χ2n) is 7.98. The third-order valence-corrected chi connectivity index (χ3v) is 6.64. The molecule has 0 spiro atoms. The number of aromatic nitrogens is 1. The highest BCUT2D eigenvalue weighted by Crippen LogP contribution is 2.39. The lowest BCUT2D eigenvalue weighted by molar-refractivity contribution is 0.217. The van der Waals surface area contributed by atoms with Crippen molar-refractivity contribution in [3.8, 4) is 22.6 Å². The topological polar surface area (TPSA) is 34.6 Å². The summed E-state index contributed by atoms with van der Waals surface area (Å²) in [5, 5.41) is 1.18. The number of ether oxygens (including phenoxy) is 2. The van der Waals surface area contributed by atoms with Gasteiger partial charge in [-0.15, -0.1) is 11.8 Å². The molecule has 0 saturated heterocycles. The fourth-order valence-corrected chi connectivity index (χ4v) is 4.66. The van der Waals surface area contributed by atoms with Gasteiger partial charge in [0.25, 0.3) is 0 Å². The SMILES string of the molecule is COc1cc(-c2ccc(SC)cc2)cc2c1OCCN(Cc1ccc3ncccc3c1)C2. The van der Waals surface area contributed by atoms with Gasteiger partial charge in [-0.25, -0.2) is 0 Å². The Morgan fingerprint density at radius 1 is 1.03 bits per heavy atom. The van der Waals surface area contributed by atoms with Crippen molar-refractivity contribution in [3.05, 3.63) is 84.1 Å². The van der Waals surface area contributed by atoms with Crippen molar-refractivity contribution in [1.82, 2.24) is 9.88 Å². The molecule has 0 aliphatic carbocycles. The summed E-state index contributed by atoms with van der Waals surface area (Å²) in [7, 11) is 1.71. The molecule has 1 aliphatic rings. The predicted molar refractivity (Wildman–Crippen MR) is 132 cm³/mol. The Balaban J connectivity index is 1.44. The van der Waals surface area contributed by atoms with E-state index in [2.05, 4.69) is 76.8 Å². The Bertz CT molecular complexity index is 1240. The lowest BCUT2D eigenvalue weighted by Crippen LogP contribution is -2.25. The average molecular weight is 443 g/mol. The molecule has 4 nitrogen and oxygen atoms in total. The number of thioether (sulfide) groups is 1. The van der Waals surface area contributed by atoms with Crippen molar-refractivity contribution in [3.63, 3.8) is 0 Å². The number of fused-ring (bicyclic) bond motifs is 2. The largest absolute Gasteiger partial charge is 0.493 e. The summed E-state index contributed by atoms with van der Waals surface area (Å²) in [6.45, 7) is 3.18. The van der Waals surface area contributed by atoms with E-state index < -0.39 is 0 Å². The van der Waals surface area contributed by atoms with E-state index >= 15 is 0 Å². The van der Waals surface area contributed by atoms with E-state index in [9.17, 15) is 0 Å². The molecular formula is C27H26N2O2S. The van der Waals surface area contributed by atoms with Crippen molar-refractivity contribution in [1.29, 1.82) is 0 Å². The van der Waals surface area contributed by atoms with Gasteiger partial charge in [0.15, 0.2) is 11.5 Å². The van der Waals surface area contributed by atoms with E-state index in [4.69, 9.17) is 9.47 Å². The molecule has 5 rings (SSSR count). The highest BCUT2D eigenvalue weighted by molar-refractivity contribution is 7.98. The van der Waals surface area contributed by atoms with Gasteiger partial charge in [0.05, 0.1) is 12.6 Å². The summed E-state index contributed by atoms with van der Waals surface area (Å²) in [5.74, 6) is 1.66. The normalized spacial score (nSPS) is 13.9. The van der Waals surface area contributed by atoms with Gasteiger partial charge in [-0.1, -0.05) is 24.3 Å². The number of hydrogen-bond donors (Lipinski definition) is 0. The fourth-order valence-electron chi connectivity index (χ4n) is 4.26. The van der Waals surface area contributed by atoms with Crippen LogP contribution in [0, 0.1) is 0 Å². The van der Waals surface area contributed by atoms with E-state index in [1.54, 1.807) is 18.9 Å². The first-order valence-corrected chi connectivity index (χ1v) is 12.0. The van der Waals surface area contributed by atoms with Crippen LogP contribution in [0.5, 0.6) is 11.5 Å². The molecule has 5 heteroatoms. The van der Waals surface area contributed by atoms with Gasteiger partial charge in [-0.2, -0.15) is 0 Å². The lowest BCUT2D eigenvalue weighted by atomic mass is 10.0. The number of hydrogen-bond acceptors (Lipinski definition) is 5. The van der Waals surface area contributed by atoms with Crippen LogP contribution in [0.4, 0.5) is 0 Å². The summed E-state index contributed by atoms with van der Waals surface area (Å²) < 4.78 is 11.9. The highest BCUT2D eigenvalue weighted by atomic mass is 32.2. The maximum absolute atomic E-state index is 6.16. The number of nitrogens with zero attached hydrogens (tertiary/aromatic N) is 2. The van der Waals surface area contributed by atoms with Gasteiger partial charge in [-0.05, 0) is 65.4 Å². The summed E-state index contributed by atoms with van der Waals surface area (Å²) in [4.78, 5) is 8.13. The molecule has 0 saturated carbocycles. The summed E-state index contributed by atoms with van der Waals surface area (Å²) in [6.07, 6.45) is 3.93. The molecule has 0 unspecified atom stereocenters. The molecule has 1 aromatic heterocycles. The standard InChI is InChI=1S/C27H26N2O2S/c1-30-26-16-22(20-6-8-24(32-2)9-7-20)15-23-18-29(12-13-31-27(23)26)17-19-5-10-25-21(14-19)4-3-11-28-25/h3-11,14-16H,12-13,17-18H2,1-2H3. The molecule has 32 heavy (non-hydrogen) atoms. The van der Waals surface area contributed by atoms with Crippen molar-refractivity contribution >= 4 is 22.7 Å². The second kappa shape index (κ2) is 9.23. The van der Waals surface area contributed by atoms with Crippen LogP contribution in [0.3, 0.4) is 0 Å². The molecule has 0 amide bonds. The summed E-state index contributed by atoms with van der Waals surface area (Å²) in [6, 6.07) is 23.6. The first kappa shape index (κ1) is 20.9. The minimum atomic E-state index is 0.639. The first-order chi connectivity index (χ1) is 15.7. The smallest absolute Gasteiger partial charge is 0.165 e. The second-order valence-corrected chi connectivity index (χ2v) is 8.86. The molecule has 3 aromatic carbocycles. The van der Waals surface area contributed by atoms with Crippen molar-refractivity contribution in [2.24, 2.45) is 0 Å². The van der Waals surface area contributed by atoms with Gasteiger partial charge < -0.3 is 9.47 Å². The molecule has 0 bridgehead atoms.